The monoisotopic (exact) mass is 361 g/mol. The zero-order valence-corrected chi connectivity index (χ0v) is 15.5. The molecule has 0 saturated carbocycles. The Morgan fingerprint density at radius 1 is 1.00 bits per heavy atom. The van der Waals surface area contributed by atoms with Gasteiger partial charge in [0.1, 0.15) is 5.82 Å². The molecule has 2 aliphatic rings. The lowest BCUT2D eigenvalue weighted by Gasteiger charge is -2.32. The summed E-state index contributed by atoms with van der Waals surface area (Å²) in [6.45, 7) is 7.15. The van der Waals surface area contributed by atoms with Crippen LogP contribution in [-0.2, 0) is 4.79 Å². The van der Waals surface area contributed by atoms with Crippen molar-refractivity contribution < 1.29 is 14.0 Å². The number of hydrogen-bond acceptors (Lipinski definition) is 3. The maximum atomic E-state index is 13.0. The van der Waals surface area contributed by atoms with Crippen molar-refractivity contribution in [3.8, 4) is 0 Å². The van der Waals surface area contributed by atoms with E-state index in [9.17, 15) is 14.0 Å². The number of nitrogens with zero attached hydrogens (tertiary/aromatic N) is 3. The topological polar surface area (TPSA) is 43.9 Å². The van der Waals surface area contributed by atoms with Gasteiger partial charge in [-0.05, 0) is 49.4 Å². The fourth-order valence-electron chi connectivity index (χ4n) is 3.81. The standard InChI is InChI=1S/C20H28FN3O2/c1-16-4-2-10-24(14-16)19(25)15-22-9-3-11-23(13-12-22)20(26)17-5-7-18(21)8-6-17/h5-8,16H,2-4,9-15H2,1H3. The zero-order chi connectivity index (χ0) is 18.5. The summed E-state index contributed by atoms with van der Waals surface area (Å²) in [5.74, 6) is 0.382. The number of carbonyl (C=O) groups is 2. The first-order chi connectivity index (χ1) is 12.5. The number of benzene rings is 1. The Morgan fingerprint density at radius 3 is 2.46 bits per heavy atom. The van der Waals surface area contributed by atoms with Gasteiger partial charge >= 0.3 is 0 Å². The molecule has 0 radical (unpaired) electrons. The van der Waals surface area contributed by atoms with Gasteiger partial charge in [-0.15, -0.1) is 0 Å². The van der Waals surface area contributed by atoms with Gasteiger partial charge < -0.3 is 9.80 Å². The van der Waals surface area contributed by atoms with Gasteiger partial charge in [-0.25, -0.2) is 4.39 Å². The summed E-state index contributed by atoms with van der Waals surface area (Å²) in [5, 5.41) is 0. The van der Waals surface area contributed by atoms with Crippen LogP contribution in [0.5, 0.6) is 0 Å². The van der Waals surface area contributed by atoms with Crippen LogP contribution in [0.4, 0.5) is 4.39 Å². The lowest BCUT2D eigenvalue weighted by molar-refractivity contribution is -0.134. The Bertz CT molecular complexity index is 634. The molecule has 2 saturated heterocycles. The lowest BCUT2D eigenvalue weighted by atomic mass is 10.0. The third-order valence-electron chi connectivity index (χ3n) is 5.34. The number of amides is 2. The molecule has 0 aliphatic carbocycles. The van der Waals surface area contributed by atoms with E-state index in [1.54, 1.807) is 4.90 Å². The molecule has 0 spiro atoms. The predicted molar refractivity (Wildman–Crippen MR) is 98.3 cm³/mol. The van der Waals surface area contributed by atoms with Crippen LogP contribution >= 0.6 is 0 Å². The summed E-state index contributed by atoms with van der Waals surface area (Å²) >= 11 is 0. The van der Waals surface area contributed by atoms with Crippen LogP contribution in [-0.4, -0.2) is 72.3 Å². The molecule has 3 rings (SSSR count). The summed E-state index contributed by atoms with van der Waals surface area (Å²) in [5.41, 5.74) is 0.512. The molecule has 1 aromatic rings. The first kappa shape index (κ1) is 18.8. The number of halogens is 1. The average molecular weight is 361 g/mol. The summed E-state index contributed by atoms with van der Waals surface area (Å²) in [7, 11) is 0. The highest BCUT2D eigenvalue weighted by Gasteiger charge is 2.25. The summed E-state index contributed by atoms with van der Waals surface area (Å²) in [6, 6.07) is 5.69. The van der Waals surface area contributed by atoms with E-state index >= 15 is 0 Å². The molecule has 2 fully saturated rings. The highest BCUT2D eigenvalue weighted by molar-refractivity contribution is 5.94. The van der Waals surface area contributed by atoms with Crippen molar-refractivity contribution in [1.82, 2.24) is 14.7 Å². The van der Waals surface area contributed by atoms with Gasteiger partial charge in [0.25, 0.3) is 5.91 Å². The molecule has 1 aromatic carbocycles. The molecule has 0 aromatic heterocycles. The van der Waals surface area contributed by atoms with E-state index in [0.29, 0.717) is 37.7 Å². The summed E-state index contributed by atoms with van der Waals surface area (Å²) in [4.78, 5) is 31.1. The molecule has 1 unspecified atom stereocenters. The Morgan fingerprint density at radius 2 is 1.73 bits per heavy atom. The van der Waals surface area contributed by atoms with Gasteiger partial charge in [0, 0.05) is 44.8 Å². The largest absolute Gasteiger partial charge is 0.341 e. The minimum absolute atomic E-state index is 0.0666. The fourth-order valence-corrected chi connectivity index (χ4v) is 3.81. The van der Waals surface area contributed by atoms with Crippen molar-refractivity contribution in [3.05, 3.63) is 35.6 Å². The van der Waals surface area contributed by atoms with Crippen LogP contribution in [0.2, 0.25) is 0 Å². The quantitative estimate of drug-likeness (QED) is 0.829. The Balaban J connectivity index is 1.52. The first-order valence-electron chi connectivity index (χ1n) is 9.58. The number of likely N-dealkylation sites (tertiary alicyclic amines) is 1. The molecule has 6 heteroatoms. The van der Waals surface area contributed by atoms with E-state index in [0.717, 1.165) is 32.5 Å². The second-order valence-electron chi connectivity index (χ2n) is 7.52. The normalized spacial score (nSPS) is 22.2. The van der Waals surface area contributed by atoms with E-state index < -0.39 is 0 Å². The van der Waals surface area contributed by atoms with Crippen molar-refractivity contribution in [2.75, 3.05) is 45.8 Å². The molecular formula is C20H28FN3O2. The first-order valence-corrected chi connectivity index (χ1v) is 9.58. The highest BCUT2D eigenvalue weighted by atomic mass is 19.1. The molecule has 2 amide bonds. The Labute approximate surface area is 154 Å². The van der Waals surface area contributed by atoms with Crippen molar-refractivity contribution >= 4 is 11.8 Å². The molecule has 1 atom stereocenters. The second kappa shape index (κ2) is 8.62. The van der Waals surface area contributed by atoms with Crippen LogP contribution in [0, 0.1) is 11.7 Å². The van der Waals surface area contributed by atoms with Crippen LogP contribution in [0.3, 0.4) is 0 Å². The van der Waals surface area contributed by atoms with Crippen LogP contribution in [0.15, 0.2) is 24.3 Å². The molecule has 26 heavy (non-hydrogen) atoms. The van der Waals surface area contributed by atoms with Crippen molar-refractivity contribution in [1.29, 1.82) is 0 Å². The van der Waals surface area contributed by atoms with Gasteiger partial charge in [-0.3, -0.25) is 14.5 Å². The zero-order valence-electron chi connectivity index (χ0n) is 15.5. The third-order valence-corrected chi connectivity index (χ3v) is 5.34. The SMILES string of the molecule is CC1CCCN(C(=O)CN2CCCN(C(=O)c3ccc(F)cc3)CC2)C1. The minimum atomic E-state index is -0.339. The van der Waals surface area contributed by atoms with E-state index in [1.165, 1.54) is 30.7 Å². The summed E-state index contributed by atoms with van der Waals surface area (Å²) in [6.07, 6.45) is 3.14. The van der Waals surface area contributed by atoms with Crippen molar-refractivity contribution in [2.24, 2.45) is 5.92 Å². The van der Waals surface area contributed by atoms with Gasteiger partial charge in [-0.2, -0.15) is 0 Å². The van der Waals surface area contributed by atoms with Gasteiger partial charge in [-0.1, -0.05) is 6.92 Å². The number of hydrogen-bond donors (Lipinski definition) is 0. The Kier molecular flexibility index (Phi) is 6.25. The van der Waals surface area contributed by atoms with Gasteiger partial charge in [0.15, 0.2) is 0 Å². The third kappa shape index (κ3) is 4.81. The van der Waals surface area contributed by atoms with Gasteiger partial charge in [0.2, 0.25) is 5.91 Å². The van der Waals surface area contributed by atoms with Crippen molar-refractivity contribution in [2.45, 2.75) is 26.2 Å². The van der Waals surface area contributed by atoms with E-state index in [-0.39, 0.29) is 17.6 Å². The van der Waals surface area contributed by atoms with Crippen molar-refractivity contribution in [3.63, 3.8) is 0 Å². The maximum absolute atomic E-state index is 13.0. The molecular weight excluding hydrogens is 333 g/mol. The van der Waals surface area contributed by atoms with Crippen LogP contribution in [0.25, 0.3) is 0 Å². The Hall–Kier alpha value is -1.95. The van der Waals surface area contributed by atoms with Crippen LogP contribution < -0.4 is 0 Å². The maximum Gasteiger partial charge on any atom is 0.253 e. The van der Waals surface area contributed by atoms with Crippen LogP contribution in [0.1, 0.15) is 36.5 Å². The lowest BCUT2D eigenvalue weighted by Crippen LogP contribution is -2.45. The molecule has 5 nitrogen and oxygen atoms in total. The molecule has 142 valence electrons. The predicted octanol–water partition coefficient (Wildman–Crippen LogP) is 2.23. The second-order valence-corrected chi connectivity index (χ2v) is 7.52. The average Bonchev–Trinajstić information content (AvgIpc) is 2.87. The fraction of sp³-hybridized carbons (Fsp3) is 0.600. The molecule has 0 N–H and O–H groups in total. The number of rotatable bonds is 3. The summed E-state index contributed by atoms with van der Waals surface area (Å²) < 4.78 is 13.0. The highest BCUT2D eigenvalue weighted by Crippen LogP contribution is 2.16. The van der Waals surface area contributed by atoms with E-state index in [1.807, 2.05) is 4.90 Å². The van der Waals surface area contributed by atoms with Gasteiger partial charge in [0.05, 0.1) is 6.54 Å². The van der Waals surface area contributed by atoms with E-state index in [4.69, 9.17) is 0 Å². The van der Waals surface area contributed by atoms with E-state index in [2.05, 4.69) is 11.8 Å². The number of carbonyl (C=O) groups excluding carboxylic acids is 2. The molecule has 0 bridgehead atoms. The smallest absolute Gasteiger partial charge is 0.253 e. The minimum Gasteiger partial charge on any atom is -0.341 e. The molecule has 2 aliphatic heterocycles. The molecule has 2 heterocycles. The number of piperidine rings is 1.